The first-order valence-electron chi connectivity index (χ1n) is 8.55. The van der Waals surface area contributed by atoms with Crippen LogP contribution in [-0.4, -0.2) is 16.6 Å². The molecule has 3 aromatic rings. The molecule has 2 aromatic carbocycles. The van der Waals surface area contributed by atoms with Gasteiger partial charge in [-0.2, -0.15) is 0 Å². The van der Waals surface area contributed by atoms with Gasteiger partial charge >= 0.3 is 0 Å². The highest BCUT2D eigenvalue weighted by Gasteiger charge is 2.20. The Morgan fingerprint density at radius 3 is 2.50 bits per heavy atom. The number of amides is 1. The first-order valence-corrected chi connectivity index (χ1v) is 10.4. The Bertz CT molecular complexity index is 890. The zero-order valence-corrected chi connectivity index (χ0v) is 16.9. The fraction of sp³-hybridized carbons (Fsp3) is 0.238. The summed E-state index contributed by atoms with van der Waals surface area (Å²) in [5.41, 5.74) is 4.37. The van der Waals surface area contributed by atoms with E-state index >= 15 is 0 Å². The Morgan fingerprint density at radius 2 is 1.85 bits per heavy atom. The van der Waals surface area contributed by atoms with Crippen LogP contribution in [-0.2, 0) is 4.79 Å². The van der Waals surface area contributed by atoms with Gasteiger partial charge in [0, 0.05) is 22.4 Å². The summed E-state index contributed by atoms with van der Waals surface area (Å²) in [5.74, 6) is 0.816. The van der Waals surface area contributed by atoms with Crippen LogP contribution in [0.5, 0.6) is 0 Å². The smallest absolute Gasteiger partial charge is 0.234 e. The number of aryl methyl sites for hydroxylation is 3. The van der Waals surface area contributed by atoms with Crippen molar-refractivity contribution in [3.8, 4) is 0 Å². The van der Waals surface area contributed by atoms with Crippen LogP contribution in [0.4, 0.5) is 10.8 Å². The van der Waals surface area contributed by atoms with Crippen LogP contribution in [0.1, 0.15) is 23.2 Å². The van der Waals surface area contributed by atoms with Gasteiger partial charge in [0.15, 0.2) is 5.13 Å². The zero-order chi connectivity index (χ0) is 18.5. The molecular formula is C21H22N2OS2. The molecule has 3 nitrogen and oxygen atoms in total. The van der Waals surface area contributed by atoms with Gasteiger partial charge in [-0.3, -0.25) is 9.69 Å². The highest BCUT2D eigenvalue weighted by atomic mass is 32.2. The number of anilines is 2. The Morgan fingerprint density at radius 1 is 1.08 bits per heavy atom. The molecule has 0 saturated heterocycles. The van der Waals surface area contributed by atoms with Crippen LogP contribution in [0.2, 0.25) is 0 Å². The Hall–Kier alpha value is -2.11. The lowest BCUT2D eigenvalue weighted by Gasteiger charge is -2.20. The van der Waals surface area contributed by atoms with Crippen molar-refractivity contribution in [1.29, 1.82) is 0 Å². The van der Waals surface area contributed by atoms with Crippen molar-refractivity contribution in [3.63, 3.8) is 0 Å². The number of carbonyl (C=O) groups is 1. The lowest BCUT2D eigenvalue weighted by Crippen LogP contribution is -2.26. The maximum absolute atomic E-state index is 12.9. The van der Waals surface area contributed by atoms with E-state index in [1.807, 2.05) is 42.6 Å². The average molecular weight is 383 g/mol. The van der Waals surface area contributed by atoms with Gasteiger partial charge in [0.2, 0.25) is 5.91 Å². The van der Waals surface area contributed by atoms with Gasteiger partial charge in [0.1, 0.15) is 0 Å². The molecule has 0 bridgehead atoms. The molecule has 134 valence electrons. The topological polar surface area (TPSA) is 33.2 Å². The van der Waals surface area contributed by atoms with Crippen molar-refractivity contribution >= 4 is 39.8 Å². The molecule has 1 amide bonds. The van der Waals surface area contributed by atoms with E-state index in [-0.39, 0.29) is 5.91 Å². The number of nitrogens with zero attached hydrogens (tertiary/aromatic N) is 2. The SMILES string of the molecule is Cc1csc(N(C(=O)CCSc2ccc(C)c(C)c2)c2ccccc2)n1. The van der Waals surface area contributed by atoms with Crippen molar-refractivity contribution in [2.75, 3.05) is 10.7 Å². The normalized spacial score (nSPS) is 10.7. The minimum absolute atomic E-state index is 0.0712. The molecule has 1 heterocycles. The second-order valence-corrected chi connectivity index (χ2v) is 8.19. The van der Waals surface area contributed by atoms with E-state index in [1.165, 1.54) is 27.4 Å². The fourth-order valence-electron chi connectivity index (χ4n) is 2.55. The number of carbonyl (C=O) groups excluding carboxylic acids is 1. The number of hydrogen-bond acceptors (Lipinski definition) is 4. The van der Waals surface area contributed by atoms with E-state index in [1.54, 1.807) is 16.7 Å². The molecule has 5 heteroatoms. The molecule has 0 atom stereocenters. The number of benzene rings is 2. The van der Waals surface area contributed by atoms with E-state index in [0.717, 1.165) is 22.3 Å². The number of hydrogen-bond donors (Lipinski definition) is 0. The third-order valence-electron chi connectivity index (χ3n) is 4.12. The van der Waals surface area contributed by atoms with Gasteiger partial charge in [-0.05, 0) is 56.2 Å². The van der Waals surface area contributed by atoms with Crippen molar-refractivity contribution in [2.45, 2.75) is 32.1 Å². The molecule has 0 aliphatic rings. The molecule has 1 aromatic heterocycles. The van der Waals surface area contributed by atoms with E-state index in [0.29, 0.717) is 6.42 Å². The predicted octanol–water partition coefficient (Wildman–Crippen LogP) is 5.92. The summed E-state index contributed by atoms with van der Waals surface area (Å²) in [6.07, 6.45) is 0.463. The summed E-state index contributed by atoms with van der Waals surface area (Å²) in [6.45, 7) is 6.18. The molecule has 0 saturated carbocycles. The van der Waals surface area contributed by atoms with Crippen molar-refractivity contribution in [3.05, 3.63) is 70.7 Å². The maximum atomic E-state index is 12.9. The Balaban J connectivity index is 1.70. The molecule has 0 unspecified atom stereocenters. The number of aromatic nitrogens is 1. The Kier molecular flexibility index (Phi) is 6.12. The predicted molar refractivity (Wildman–Crippen MR) is 112 cm³/mol. The number of thiazole rings is 1. The van der Waals surface area contributed by atoms with Crippen LogP contribution in [0.15, 0.2) is 58.8 Å². The van der Waals surface area contributed by atoms with Crippen LogP contribution >= 0.6 is 23.1 Å². The van der Waals surface area contributed by atoms with E-state index in [9.17, 15) is 4.79 Å². The first-order chi connectivity index (χ1) is 12.5. The van der Waals surface area contributed by atoms with Crippen molar-refractivity contribution in [2.24, 2.45) is 0 Å². The Labute approximate surface area is 163 Å². The third kappa shape index (κ3) is 4.54. The monoisotopic (exact) mass is 382 g/mol. The van der Waals surface area contributed by atoms with Crippen LogP contribution < -0.4 is 4.90 Å². The van der Waals surface area contributed by atoms with Gasteiger partial charge < -0.3 is 0 Å². The van der Waals surface area contributed by atoms with E-state index in [2.05, 4.69) is 37.0 Å². The summed E-state index contributed by atoms with van der Waals surface area (Å²) in [5, 5.41) is 2.71. The van der Waals surface area contributed by atoms with E-state index in [4.69, 9.17) is 0 Å². The van der Waals surface area contributed by atoms with Gasteiger partial charge in [0.05, 0.1) is 11.4 Å². The van der Waals surface area contributed by atoms with Crippen molar-refractivity contribution < 1.29 is 4.79 Å². The van der Waals surface area contributed by atoms with Crippen LogP contribution in [0, 0.1) is 20.8 Å². The van der Waals surface area contributed by atoms with E-state index < -0.39 is 0 Å². The van der Waals surface area contributed by atoms with Gasteiger partial charge in [0.25, 0.3) is 0 Å². The molecule has 3 rings (SSSR count). The zero-order valence-electron chi connectivity index (χ0n) is 15.2. The summed E-state index contributed by atoms with van der Waals surface area (Å²) < 4.78 is 0. The molecule has 0 radical (unpaired) electrons. The molecule has 0 spiro atoms. The molecule has 26 heavy (non-hydrogen) atoms. The van der Waals surface area contributed by atoms with Crippen LogP contribution in [0.3, 0.4) is 0 Å². The van der Waals surface area contributed by atoms with Crippen molar-refractivity contribution in [1.82, 2.24) is 4.98 Å². The quantitative estimate of drug-likeness (QED) is 0.497. The second-order valence-electron chi connectivity index (χ2n) is 6.18. The lowest BCUT2D eigenvalue weighted by atomic mass is 10.1. The van der Waals surface area contributed by atoms with Crippen LogP contribution in [0.25, 0.3) is 0 Å². The standard InChI is InChI=1S/C21H22N2OS2/c1-15-9-10-19(13-16(15)2)25-12-11-20(24)23(18-7-5-4-6-8-18)21-22-17(3)14-26-21/h4-10,13-14H,11-12H2,1-3H3. The minimum atomic E-state index is 0.0712. The third-order valence-corrected chi connectivity index (χ3v) is 6.06. The number of thioether (sulfide) groups is 1. The first kappa shape index (κ1) is 18.7. The number of rotatable bonds is 6. The average Bonchev–Trinajstić information content (AvgIpc) is 3.05. The minimum Gasteiger partial charge on any atom is -0.274 e. The molecule has 0 aliphatic carbocycles. The van der Waals surface area contributed by atoms with Gasteiger partial charge in [-0.1, -0.05) is 24.3 Å². The highest BCUT2D eigenvalue weighted by molar-refractivity contribution is 7.99. The maximum Gasteiger partial charge on any atom is 0.234 e. The molecule has 0 fully saturated rings. The van der Waals surface area contributed by atoms with Gasteiger partial charge in [-0.25, -0.2) is 4.98 Å². The highest BCUT2D eigenvalue weighted by Crippen LogP contribution is 2.30. The molecular weight excluding hydrogens is 360 g/mol. The number of para-hydroxylation sites is 1. The van der Waals surface area contributed by atoms with Gasteiger partial charge in [-0.15, -0.1) is 23.1 Å². The lowest BCUT2D eigenvalue weighted by molar-refractivity contribution is -0.117. The summed E-state index contributed by atoms with van der Waals surface area (Å²) in [6, 6.07) is 16.2. The molecule has 0 aliphatic heterocycles. The second kappa shape index (κ2) is 8.52. The summed E-state index contributed by atoms with van der Waals surface area (Å²) in [7, 11) is 0. The fourth-order valence-corrected chi connectivity index (χ4v) is 4.33. The summed E-state index contributed by atoms with van der Waals surface area (Å²) >= 11 is 3.22. The largest absolute Gasteiger partial charge is 0.274 e. The summed E-state index contributed by atoms with van der Waals surface area (Å²) in [4.78, 5) is 20.4. The molecule has 0 N–H and O–H groups in total.